The predicted octanol–water partition coefficient (Wildman–Crippen LogP) is 3.10. The molecule has 4 nitrogen and oxygen atoms in total. The Morgan fingerprint density at radius 1 is 1.35 bits per heavy atom. The summed E-state index contributed by atoms with van der Waals surface area (Å²) in [4.78, 5) is 5.25. The van der Waals surface area contributed by atoms with Crippen LogP contribution < -0.4 is 16.2 Å². The number of nitrogens with two attached hydrogens (primary N) is 2. The highest BCUT2D eigenvalue weighted by molar-refractivity contribution is 7.15. The van der Waals surface area contributed by atoms with Crippen molar-refractivity contribution in [3.63, 3.8) is 0 Å². The molecule has 3 rings (SSSR count). The summed E-state index contributed by atoms with van der Waals surface area (Å²) in [5, 5.41) is 0.490. The van der Waals surface area contributed by atoms with E-state index < -0.39 is 17.3 Å². The van der Waals surface area contributed by atoms with E-state index in [4.69, 9.17) is 16.2 Å². The quantitative estimate of drug-likeness (QED) is 0.879. The lowest BCUT2D eigenvalue weighted by atomic mass is 9.78. The molecule has 2 aromatic rings. The Labute approximate surface area is 135 Å². The summed E-state index contributed by atoms with van der Waals surface area (Å²) in [6, 6.07) is 3.85. The van der Waals surface area contributed by atoms with Crippen LogP contribution in [0.25, 0.3) is 0 Å². The zero-order chi connectivity index (χ0) is 16.8. The van der Waals surface area contributed by atoms with Gasteiger partial charge in [0.15, 0.2) is 5.13 Å². The minimum atomic E-state index is -4.46. The Morgan fingerprint density at radius 2 is 2.09 bits per heavy atom. The molecule has 23 heavy (non-hydrogen) atoms. The van der Waals surface area contributed by atoms with E-state index in [1.54, 1.807) is 0 Å². The SMILES string of the molecule is COc1cc(C2(N)CCc3nc(N)sc3C2)ccc1C(F)(F)F. The topological polar surface area (TPSA) is 74.2 Å². The number of halogens is 3. The van der Waals surface area contributed by atoms with Gasteiger partial charge in [0.25, 0.3) is 0 Å². The van der Waals surface area contributed by atoms with Crippen molar-refractivity contribution >= 4 is 16.5 Å². The first-order valence-corrected chi connectivity index (χ1v) is 7.83. The van der Waals surface area contributed by atoms with Crippen molar-refractivity contribution in [1.29, 1.82) is 0 Å². The van der Waals surface area contributed by atoms with Gasteiger partial charge in [-0.2, -0.15) is 13.2 Å². The van der Waals surface area contributed by atoms with E-state index in [2.05, 4.69) is 4.98 Å². The van der Waals surface area contributed by atoms with Crippen molar-refractivity contribution in [2.75, 3.05) is 12.8 Å². The number of hydrogen-bond donors (Lipinski definition) is 2. The van der Waals surface area contributed by atoms with E-state index in [1.807, 2.05) is 0 Å². The van der Waals surface area contributed by atoms with Crippen LogP contribution in [0.3, 0.4) is 0 Å². The van der Waals surface area contributed by atoms with E-state index in [-0.39, 0.29) is 5.75 Å². The molecule has 8 heteroatoms. The van der Waals surface area contributed by atoms with Crippen molar-refractivity contribution in [3.05, 3.63) is 39.9 Å². The van der Waals surface area contributed by atoms with Gasteiger partial charge in [-0.3, -0.25) is 0 Å². The van der Waals surface area contributed by atoms with Crippen molar-refractivity contribution in [3.8, 4) is 5.75 Å². The van der Waals surface area contributed by atoms with Gasteiger partial charge in [0.2, 0.25) is 0 Å². The average molecular weight is 343 g/mol. The lowest BCUT2D eigenvalue weighted by molar-refractivity contribution is -0.138. The number of methoxy groups -OCH3 is 1. The third-order valence-corrected chi connectivity index (χ3v) is 5.09. The average Bonchev–Trinajstić information content (AvgIpc) is 2.84. The summed E-state index contributed by atoms with van der Waals surface area (Å²) in [6.45, 7) is 0. The van der Waals surface area contributed by atoms with Gasteiger partial charge in [0.1, 0.15) is 5.75 Å². The fourth-order valence-electron chi connectivity index (χ4n) is 2.93. The van der Waals surface area contributed by atoms with Gasteiger partial charge in [0.05, 0.1) is 18.4 Å². The molecular formula is C15H16F3N3OS. The van der Waals surface area contributed by atoms with Crippen LogP contribution in [-0.2, 0) is 24.6 Å². The highest BCUT2D eigenvalue weighted by Gasteiger charge is 2.38. The van der Waals surface area contributed by atoms with Crippen LogP contribution in [0, 0.1) is 0 Å². The van der Waals surface area contributed by atoms with E-state index in [1.165, 1.54) is 30.6 Å². The summed E-state index contributed by atoms with van der Waals surface area (Å²) >= 11 is 1.38. The first-order chi connectivity index (χ1) is 10.7. The molecule has 0 fully saturated rings. The van der Waals surface area contributed by atoms with Crippen LogP contribution in [0.15, 0.2) is 18.2 Å². The maximum atomic E-state index is 13.0. The fourth-order valence-corrected chi connectivity index (χ4v) is 3.94. The number of rotatable bonds is 2. The molecule has 1 aliphatic rings. The summed E-state index contributed by atoms with van der Waals surface area (Å²) in [6.07, 6.45) is -2.70. The van der Waals surface area contributed by atoms with Crippen LogP contribution in [0.5, 0.6) is 5.75 Å². The molecule has 1 heterocycles. The molecule has 1 atom stereocenters. The molecule has 0 amide bonds. The number of ether oxygens (including phenoxy) is 1. The summed E-state index contributed by atoms with van der Waals surface area (Å²) in [7, 11) is 1.22. The number of nitrogen functional groups attached to an aromatic ring is 1. The molecular weight excluding hydrogens is 327 g/mol. The Morgan fingerprint density at radius 3 is 2.74 bits per heavy atom. The Hall–Kier alpha value is -1.80. The highest BCUT2D eigenvalue weighted by atomic mass is 32.1. The number of hydrogen-bond acceptors (Lipinski definition) is 5. The summed E-state index contributed by atoms with van der Waals surface area (Å²) in [5.74, 6) is -0.213. The van der Waals surface area contributed by atoms with Crippen LogP contribution in [0.2, 0.25) is 0 Å². The molecule has 124 valence electrons. The Bertz CT molecular complexity index is 744. The van der Waals surface area contributed by atoms with Gasteiger partial charge in [-0.25, -0.2) is 4.98 Å². The second-order valence-electron chi connectivity index (χ2n) is 5.67. The van der Waals surface area contributed by atoms with Crippen molar-refractivity contribution in [1.82, 2.24) is 4.98 Å². The maximum Gasteiger partial charge on any atom is 0.419 e. The van der Waals surface area contributed by atoms with Gasteiger partial charge >= 0.3 is 6.18 Å². The van der Waals surface area contributed by atoms with Gasteiger partial charge in [0, 0.05) is 16.8 Å². The van der Waals surface area contributed by atoms with Crippen LogP contribution in [0.1, 0.15) is 28.1 Å². The van der Waals surface area contributed by atoms with Gasteiger partial charge < -0.3 is 16.2 Å². The second kappa shape index (κ2) is 5.38. The van der Waals surface area contributed by atoms with E-state index in [0.717, 1.165) is 16.6 Å². The van der Waals surface area contributed by atoms with Crippen molar-refractivity contribution in [2.45, 2.75) is 31.0 Å². The minimum Gasteiger partial charge on any atom is -0.496 e. The predicted molar refractivity (Wildman–Crippen MR) is 82.4 cm³/mol. The molecule has 1 aromatic carbocycles. The minimum absolute atomic E-state index is 0.213. The molecule has 1 aliphatic carbocycles. The van der Waals surface area contributed by atoms with Crippen molar-refractivity contribution < 1.29 is 17.9 Å². The van der Waals surface area contributed by atoms with Crippen LogP contribution >= 0.6 is 11.3 Å². The molecule has 0 saturated carbocycles. The fraction of sp³-hybridized carbons (Fsp3) is 0.400. The molecule has 0 saturated heterocycles. The zero-order valence-corrected chi connectivity index (χ0v) is 13.2. The van der Waals surface area contributed by atoms with Crippen molar-refractivity contribution in [2.24, 2.45) is 5.73 Å². The lowest BCUT2D eigenvalue weighted by Crippen LogP contribution is -2.41. The number of benzene rings is 1. The third-order valence-electron chi connectivity index (χ3n) is 4.16. The van der Waals surface area contributed by atoms with Gasteiger partial charge in [-0.15, -0.1) is 11.3 Å². The molecule has 0 spiro atoms. The molecule has 1 unspecified atom stereocenters. The Balaban J connectivity index is 1.98. The maximum absolute atomic E-state index is 13.0. The molecule has 0 aliphatic heterocycles. The standard InChI is InChI=1S/C15H16F3N3OS/c1-22-11-6-8(2-3-9(11)15(16,17)18)14(20)5-4-10-12(7-14)23-13(19)21-10/h2-3,6H,4-5,7,20H2,1H3,(H2,19,21). The Kier molecular flexibility index (Phi) is 3.76. The normalized spacial score (nSPS) is 21.1. The second-order valence-corrected chi connectivity index (χ2v) is 6.78. The number of nitrogens with zero attached hydrogens (tertiary/aromatic N) is 1. The summed E-state index contributed by atoms with van der Waals surface area (Å²) in [5.41, 5.74) is 12.2. The number of alkyl halides is 3. The summed E-state index contributed by atoms with van der Waals surface area (Å²) < 4.78 is 43.8. The van der Waals surface area contributed by atoms with Gasteiger partial charge in [-0.05, 0) is 30.5 Å². The smallest absolute Gasteiger partial charge is 0.419 e. The number of thiazole rings is 1. The zero-order valence-electron chi connectivity index (χ0n) is 12.4. The first kappa shape index (κ1) is 16.1. The van der Waals surface area contributed by atoms with E-state index in [0.29, 0.717) is 30.0 Å². The lowest BCUT2D eigenvalue weighted by Gasteiger charge is -2.33. The molecule has 0 radical (unpaired) electrons. The van der Waals surface area contributed by atoms with E-state index in [9.17, 15) is 13.2 Å². The largest absolute Gasteiger partial charge is 0.496 e. The number of aryl methyl sites for hydroxylation is 1. The van der Waals surface area contributed by atoms with E-state index >= 15 is 0 Å². The third kappa shape index (κ3) is 2.88. The molecule has 0 bridgehead atoms. The van der Waals surface area contributed by atoms with Crippen LogP contribution in [-0.4, -0.2) is 12.1 Å². The number of fused-ring (bicyclic) bond motifs is 1. The first-order valence-electron chi connectivity index (χ1n) is 7.01. The monoisotopic (exact) mass is 343 g/mol. The number of aromatic nitrogens is 1. The van der Waals surface area contributed by atoms with Gasteiger partial charge in [-0.1, -0.05) is 6.07 Å². The molecule has 1 aromatic heterocycles. The number of anilines is 1. The van der Waals surface area contributed by atoms with Crippen LogP contribution in [0.4, 0.5) is 18.3 Å². The highest BCUT2D eigenvalue weighted by Crippen LogP contribution is 2.42. The molecule has 4 N–H and O–H groups in total.